The second-order valence-corrected chi connectivity index (χ2v) is 11.2. The molecule has 9 heteroatoms. The third-order valence-corrected chi connectivity index (χ3v) is 8.21. The van der Waals surface area contributed by atoms with Gasteiger partial charge in [-0.25, -0.2) is 9.79 Å². The number of aryl methyl sites for hydroxylation is 1. The number of hydrogen-bond acceptors (Lipinski definition) is 8. The van der Waals surface area contributed by atoms with Gasteiger partial charge in [0.25, 0.3) is 5.56 Å². The number of thiazole rings is 1. The molecule has 1 aliphatic heterocycles. The first-order chi connectivity index (χ1) is 20.2. The maximum Gasteiger partial charge on any atom is 0.338 e. The number of fused-ring (bicyclic) bond motifs is 1. The molecule has 0 saturated heterocycles. The highest BCUT2D eigenvalue weighted by atomic mass is 32.1. The number of benzene rings is 3. The van der Waals surface area contributed by atoms with Crippen molar-refractivity contribution < 1.29 is 19.0 Å². The van der Waals surface area contributed by atoms with Gasteiger partial charge in [0.05, 0.1) is 36.1 Å². The fourth-order valence-corrected chi connectivity index (χ4v) is 6.04. The lowest BCUT2D eigenvalue weighted by molar-refractivity contribution is -0.136. The Hall–Kier alpha value is -4.63. The Balaban J connectivity index is 1.58. The zero-order chi connectivity index (χ0) is 30.0. The summed E-state index contributed by atoms with van der Waals surface area (Å²) >= 11 is 1.29. The number of esters is 1. The Morgan fingerprint density at radius 1 is 1.02 bits per heavy atom. The van der Waals surface area contributed by atoms with Gasteiger partial charge in [0.2, 0.25) is 0 Å². The Labute approximate surface area is 248 Å². The highest BCUT2D eigenvalue weighted by Crippen LogP contribution is 2.31. The summed E-state index contributed by atoms with van der Waals surface area (Å²) in [7, 11) is 6.88. The summed E-state index contributed by atoms with van der Waals surface area (Å²) in [5, 5.41) is 0. The van der Waals surface area contributed by atoms with E-state index in [2.05, 4.69) is 4.99 Å². The summed E-state index contributed by atoms with van der Waals surface area (Å²) in [4.78, 5) is 34.1. The molecule has 0 bridgehead atoms. The molecule has 0 saturated carbocycles. The van der Waals surface area contributed by atoms with Crippen molar-refractivity contribution >= 4 is 29.1 Å². The lowest BCUT2D eigenvalue weighted by Crippen LogP contribution is -2.39. The molecule has 1 aliphatic rings. The van der Waals surface area contributed by atoms with E-state index in [-0.39, 0.29) is 5.56 Å². The Morgan fingerprint density at radius 3 is 2.43 bits per heavy atom. The molecule has 0 N–H and O–H groups in total. The van der Waals surface area contributed by atoms with Crippen LogP contribution in [0.15, 0.2) is 87.8 Å². The third-order valence-electron chi connectivity index (χ3n) is 7.23. The summed E-state index contributed by atoms with van der Waals surface area (Å²) in [5.41, 5.74) is 5.15. The van der Waals surface area contributed by atoms with Gasteiger partial charge in [-0.3, -0.25) is 9.36 Å². The third kappa shape index (κ3) is 5.60. The molecular formula is C33H33N3O5S. The number of nitrogens with zero attached hydrogens (tertiary/aromatic N) is 3. The number of para-hydroxylation sites is 1. The number of carbonyl (C=O) groups is 1. The fourth-order valence-electron chi connectivity index (χ4n) is 4.99. The largest absolute Gasteiger partial charge is 0.496 e. The highest BCUT2D eigenvalue weighted by molar-refractivity contribution is 7.07. The van der Waals surface area contributed by atoms with Crippen molar-refractivity contribution in [3.05, 3.63) is 120 Å². The first-order valence-corrected chi connectivity index (χ1v) is 14.3. The van der Waals surface area contributed by atoms with Crippen LogP contribution in [0, 0.1) is 6.92 Å². The maximum absolute atomic E-state index is 13.9. The van der Waals surface area contributed by atoms with Gasteiger partial charge in [-0.1, -0.05) is 47.7 Å². The van der Waals surface area contributed by atoms with Gasteiger partial charge < -0.3 is 19.1 Å². The summed E-state index contributed by atoms with van der Waals surface area (Å²) in [6.07, 6.45) is 1.84. The maximum atomic E-state index is 13.9. The van der Waals surface area contributed by atoms with Crippen LogP contribution in [0.3, 0.4) is 0 Å². The Kier molecular flexibility index (Phi) is 8.31. The first kappa shape index (κ1) is 28.9. The predicted molar refractivity (Wildman–Crippen MR) is 165 cm³/mol. The van der Waals surface area contributed by atoms with E-state index in [0.29, 0.717) is 33.0 Å². The summed E-state index contributed by atoms with van der Waals surface area (Å²) < 4.78 is 18.9. The number of carbonyl (C=O) groups excluding carboxylic acids is 1. The van der Waals surface area contributed by atoms with E-state index in [1.165, 1.54) is 18.4 Å². The zero-order valence-corrected chi connectivity index (χ0v) is 25.3. The molecular weight excluding hydrogens is 550 g/mol. The van der Waals surface area contributed by atoms with E-state index in [1.54, 1.807) is 18.6 Å². The molecule has 3 aromatic carbocycles. The van der Waals surface area contributed by atoms with Crippen LogP contribution in [0.5, 0.6) is 11.5 Å². The van der Waals surface area contributed by atoms with Crippen LogP contribution in [0.1, 0.15) is 35.2 Å². The minimum absolute atomic E-state index is 0.233. The van der Waals surface area contributed by atoms with Crippen LogP contribution in [0.4, 0.5) is 5.69 Å². The number of ether oxygens (including phenoxy) is 3. The molecule has 8 nitrogen and oxygen atoms in total. The van der Waals surface area contributed by atoms with E-state index >= 15 is 0 Å². The fraction of sp³-hybridized carbons (Fsp3) is 0.242. The first-order valence-electron chi connectivity index (χ1n) is 13.4. The zero-order valence-electron chi connectivity index (χ0n) is 24.5. The van der Waals surface area contributed by atoms with Crippen LogP contribution >= 0.6 is 11.3 Å². The normalized spacial score (nSPS) is 14.7. The SMILES string of the molecule is COC(=O)C1=C(C)N=c2s/c(=C/c3ccc(OC)c(COc4ccccc4C)c3)c(=O)n2[C@@H]1c1ccc(N(C)C)cc1. The monoisotopic (exact) mass is 583 g/mol. The smallest absolute Gasteiger partial charge is 0.338 e. The van der Waals surface area contributed by atoms with Gasteiger partial charge in [0.1, 0.15) is 18.1 Å². The minimum Gasteiger partial charge on any atom is -0.496 e. The number of anilines is 1. The second-order valence-electron chi connectivity index (χ2n) is 10.2. The standard InChI is InChI=1S/C33H33N3O5S/c1-20-9-7-8-10-26(20)41-19-24-17-22(11-16-27(24)39-5)18-28-31(37)36-30(23-12-14-25(15-13-23)35(3)4)29(32(38)40-6)21(2)34-33(36)42-28/h7-18,30H,19H2,1-6H3/b28-18+/t30-/m1/s1. The molecule has 42 heavy (non-hydrogen) atoms. The van der Waals surface area contributed by atoms with E-state index in [4.69, 9.17) is 14.2 Å². The molecule has 5 rings (SSSR count). The molecule has 0 aliphatic carbocycles. The molecule has 2 heterocycles. The van der Waals surface area contributed by atoms with E-state index < -0.39 is 12.0 Å². The van der Waals surface area contributed by atoms with Crippen LogP contribution in [0.2, 0.25) is 0 Å². The van der Waals surface area contributed by atoms with Crippen LogP contribution < -0.4 is 29.3 Å². The second kappa shape index (κ2) is 12.1. The molecule has 0 unspecified atom stereocenters. The van der Waals surface area contributed by atoms with Gasteiger partial charge in [-0.15, -0.1) is 0 Å². The van der Waals surface area contributed by atoms with Crippen LogP contribution in [0.25, 0.3) is 6.08 Å². The molecule has 216 valence electrons. The summed E-state index contributed by atoms with van der Waals surface area (Å²) in [6, 6.07) is 20.7. The predicted octanol–water partition coefficient (Wildman–Crippen LogP) is 4.37. The molecule has 4 aromatic rings. The van der Waals surface area contributed by atoms with Gasteiger partial charge in [-0.05, 0) is 66.9 Å². The summed E-state index contributed by atoms with van der Waals surface area (Å²) in [6.45, 7) is 4.08. The van der Waals surface area contributed by atoms with Gasteiger partial charge >= 0.3 is 5.97 Å². The van der Waals surface area contributed by atoms with Crippen molar-refractivity contribution in [1.82, 2.24) is 4.57 Å². The van der Waals surface area contributed by atoms with Crippen molar-refractivity contribution in [3.63, 3.8) is 0 Å². The average Bonchev–Trinajstić information content (AvgIpc) is 3.29. The lowest BCUT2D eigenvalue weighted by atomic mass is 9.95. The van der Waals surface area contributed by atoms with Gasteiger partial charge in [0, 0.05) is 25.3 Å². The molecule has 0 amide bonds. The number of hydrogen-bond donors (Lipinski definition) is 0. The van der Waals surface area contributed by atoms with Crippen LogP contribution in [-0.4, -0.2) is 38.9 Å². The molecule has 0 fully saturated rings. The van der Waals surface area contributed by atoms with Crippen molar-refractivity contribution in [1.29, 1.82) is 0 Å². The number of rotatable bonds is 8. The molecule has 0 spiro atoms. The number of aromatic nitrogens is 1. The molecule has 1 aromatic heterocycles. The van der Waals surface area contributed by atoms with Gasteiger partial charge in [-0.2, -0.15) is 0 Å². The lowest BCUT2D eigenvalue weighted by Gasteiger charge is -2.25. The van der Waals surface area contributed by atoms with Crippen molar-refractivity contribution in [3.8, 4) is 11.5 Å². The quantitative estimate of drug-likeness (QED) is 0.287. The summed E-state index contributed by atoms with van der Waals surface area (Å²) in [5.74, 6) is 0.982. The van der Waals surface area contributed by atoms with Crippen molar-refractivity contribution in [2.24, 2.45) is 4.99 Å². The van der Waals surface area contributed by atoms with Crippen LogP contribution in [-0.2, 0) is 16.1 Å². The van der Waals surface area contributed by atoms with E-state index in [9.17, 15) is 9.59 Å². The Bertz CT molecular complexity index is 1850. The van der Waals surface area contributed by atoms with Crippen molar-refractivity contribution in [2.75, 3.05) is 33.2 Å². The number of methoxy groups -OCH3 is 2. The topological polar surface area (TPSA) is 82.4 Å². The van der Waals surface area contributed by atoms with Crippen molar-refractivity contribution in [2.45, 2.75) is 26.5 Å². The van der Waals surface area contributed by atoms with E-state index in [0.717, 1.165) is 33.7 Å². The average molecular weight is 584 g/mol. The van der Waals surface area contributed by atoms with E-state index in [1.807, 2.05) is 98.7 Å². The highest BCUT2D eigenvalue weighted by Gasteiger charge is 2.33. The molecule has 0 radical (unpaired) electrons. The van der Waals surface area contributed by atoms with Gasteiger partial charge in [0.15, 0.2) is 4.80 Å². The number of allylic oxidation sites excluding steroid dienone is 1. The minimum atomic E-state index is -0.666. The Morgan fingerprint density at radius 2 is 1.76 bits per heavy atom. The molecule has 1 atom stereocenters.